The van der Waals surface area contributed by atoms with Crippen molar-refractivity contribution in [2.45, 2.75) is 19.1 Å². The molecular weight excluding hydrogens is 368 g/mol. The summed E-state index contributed by atoms with van der Waals surface area (Å²) in [7, 11) is 0. The summed E-state index contributed by atoms with van der Waals surface area (Å²) < 4.78 is 54.1. The second-order valence-electron chi connectivity index (χ2n) is 5.82. The van der Waals surface area contributed by atoms with Gasteiger partial charge in [-0.2, -0.15) is 18.2 Å². The van der Waals surface area contributed by atoms with E-state index in [0.717, 1.165) is 16.7 Å². The predicted molar refractivity (Wildman–Crippen MR) is 90.8 cm³/mol. The summed E-state index contributed by atoms with van der Waals surface area (Å²) in [5.74, 6) is -0.622. The molecular formula is C16H16F4N6O. The Morgan fingerprint density at radius 3 is 2.78 bits per heavy atom. The van der Waals surface area contributed by atoms with E-state index in [-0.39, 0.29) is 22.7 Å². The first-order valence-electron chi connectivity index (χ1n) is 8.04. The van der Waals surface area contributed by atoms with E-state index in [1.54, 1.807) is 0 Å². The van der Waals surface area contributed by atoms with Crippen LogP contribution in [0.15, 0.2) is 29.2 Å². The van der Waals surface area contributed by atoms with Crippen LogP contribution >= 0.6 is 0 Å². The summed E-state index contributed by atoms with van der Waals surface area (Å²) in [6, 6.07) is 2.14. The van der Waals surface area contributed by atoms with Gasteiger partial charge in [0, 0.05) is 6.54 Å². The first kappa shape index (κ1) is 18.8. The number of fused-ring (bicyclic) bond motifs is 1. The Morgan fingerprint density at radius 2 is 2.07 bits per heavy atom. The van der Waals surface area contributed by atoms with Crippen LogP contribution in [0.1, 0.15) is 17.5 Å². The predicted octanol–water partition coefficient (Wildman–Crippen LogP) is 2.09. The maximum atomic E-state index is 13.5. The van der Waals surface area contributed by atoms with Crippen LogP contribution in [0.3, 0.4) is 0 Å². The normalized spacial score (nSPS) is 11.9. The van der Waals surface area contributed by atoms with Gasteiger partial charge in [-0.3, -0.25) is 4.57 Å². The van der Waals surface area contributed by atoms with Crippen LogP contribution in [0, 0.1) is 5.82 Å². The second kappa shape index (κ2) is 7.35. The molecule has 0 unspecified atom stereocenters. The van der Waals surface area contributed by atoms with Gasteiger partial charge in [0.2, 0.25) is 5.95 Å². The lowest BCUT2D eigenvalue weighted by Gasteiger charge is -2.13. The summed E-state index contributed by atoms with van der Waals surface area (Å²) in [6.07, 6.45) is -2.66. The molecule has 11 heteroatoms. The van der Waals surface area contributed by atoms with Crippen LogP contribution in [-0.4, -0.2) is 32.6 Å². The fourth-order valence-electron chi connectivity index (χ4n) is 2.62. The van der Waals surface area contributed by atoms with Crippen molar-refractivity contribution in [3.8, 4) is 0 Å². The molecule has 144 valence electrons. The molecule has 0 aliphatic rings. The van der Waals surface area contributed by atoms with Gasteiger partial charge < -0.3 is 16.0 Å². The quantitative estimate of drug-likeness (QED) is 0.446. The van der Waals surface area contributed by atoms with Crippen LogP contribution < -0.4 is 16.7 Å². The molecule has 1 aromatic carbocycles. The smallest absolute Gasteiger partial charge is 0.354 e. The van der Waals surface area contributed by atoms with Crippen molar-refractivity contribution in [1.29, 1.82) is 0 Å². The first-order chi connectivity index (χ1) is 12.8. The van der Waals surface area contributed by atoms with Crippen molar-refractivity contribution >= 4 is 17.1 Å². The van der Waals surface area contributed by atoms with E-state index in [9.17, 15) is 22.4 Å². The third kappa shape index (κ3) is 4.08. The number of anilines is 1. The van der Waals surface area contributed by atoms with Gasteiger partial charge >= 0.3 is 11.9 Å². The number of halogens is 4. The molecule has 0 saturated heterocycles. The van der Waals surface area contributed by atoms with E-state index < -0.39 is 29.8 Å². The Morgan fingerprint density at radius 1 is 1.30 bits per heavy atom. The number of aromatic nitrogens is 4. The number of nitrogens with zero attached hydrogens (tertiary/aromatic N) is 3. The maximum Gasteiger partial charge on any atom is 0.416 e. The van der Waals surface area contributed by atoms with Crippen molar-refractivity contribution in [3.63, 3.8) is 0 Å². The summed E-state index contributed by atoms with van der Waals surface area (Å²) in [5, 5.41) is 2.91. The Hall–Kier alpha value is -2.95. The van der Waals surface area contributed by atoms with Gasteiger partial charge in [-0.05, 0) is 36.7 Å². The number of nitrogens with two attached hydrogens (primary N) is 1. The summed E-state index contributed by atoms with van der Waals surface area (Å²) in [5.41, 5.74) is 3.72. The number of benzene rings is 1. The number of alkyl halides is 3. The number of hydrogen-bond donors (Lipinski definition) is 3. The number of nitrogens with one attached hydrogen (secondary N) is 2. The Bertz CT molecular complexity index is 1010. The van der Waals surface area contributed by atoms with E-state index in [0.29, 0.717) is 25.6 Å². The van der Waals surface area contributed by atoms with Crippen LogP contribution in [0.4, 0.5) is 23.5 Å². The zero-order valence-corrected chi connectivity index (χ0v) is 14.0. The minimum atomic E-state index is -4.68. The highest BCUT2D eigenvalue weighted by Gasteiger charge is 2.33. The topological polar surface area (TPSA) is 102 Å². The van der Waals surface area contributed by atoms with Gasteiger partial charge in [0.15, 0.2) is 5.65 Å². The lowest BCUT2D eigenvalue weighted by molar-refractivity contribution is -0.138. The van der Waals surface area contributed by atoms with E-state index in [4.69, 9.17) is 5.73 Å². The zero-order valence-electron chi connectivity index (χ0n) is 14.0. The van der Waals surface area contributed by atoms with Crippen LogP contribution in [0.25, 0.3) is 11.2 Å². The van der Waals surface area contributed by atoms with Crippen molar-refractivity contribution in [3.05, 3.63) is 51.8 Å². The van der Waals surface area contributed by atoms with Gasteiger partial charge in [-0.15, -0.1) is 0 Å². The lowest BCUT2D eigenvalue weighted by Crippen LogP contribution is -2.20. The van der Waals surface area contributed by atoms with Crippen molar-refractivity contribution in [1.82, 2.24) is 19.5 Å². The van der Waals surface area contributed by atoms with E-state index in [1.807, 2.05) is 0 Å². The maximum absolute atomic E-state index is 13.5. The summed E-state index contributed by atoms with van der Waals surface area (Å²) in [6.45, 7) is 0.466. The van der Waals surface area contributed by atoms with Gasteiger partial charge in [-0.1, -0.05) is 0 Å². The molecule has 0 aliphatic carbocycles. The highest BCUT2D eigenvalue weighted by atomic mass is 19.4. The molecule has 0 radical (unpaired) electrons. The van der Waals surface area contributed by atoms with Crippen molar-refractivity contribution in [2.75, 3.05) is 18.4 Å². The molecule has 2 heterocycles. The number of imidazole rings is 1. The monoisotopic (exact) mass is 384 g/mol. The standard InChI is InChI=1S/C16H16F4N6O/c17-10-2-3-11(16(18,19)20)9(6-10)8-26-13-12(24-15(26)27)7-23-14(25-13)22-5-1-4-21/h2-3,6-7H,1,4-5,8,21H2,(H,24,27)(H,22,23,25). The SMILES string of the molecule is NCCCNc1ncc2[nH]c(=O)n(Cc3cc(F)ccc3C(F)(F)F)c2n1. The highest BCUT2D eigenvalue weighted by Crippen LogP contribution is 2.32. The number of hydrogen-bond acceptors (Lipinski definition) is 5. The number of H-pyrrole nitrogens is 1. The molecule has 0 spiro atoms. The van der Waals surface area contributed by atoms with Gasteiger partial charge in [0.1, 0.15) is 11.3 Å². The van der Waals surface area contributed by atoms with E-state index >= 15 is 0 Å². The van der Waals surface area contributed by atoms with Gasteiger partial charge in [0.05, 0.1) is 18.3 Å². The third-order valence-corrected chi connectivity index (χ3v) is 3.88. The zero-order chi connectivity index (χ0) is 19.6. The third-order valence-electron chi connectivity index (χ3n) is 3.88. The minimum Gasteiger partial charge on any atom is -0.354 e. The van der Waals surface area contributed by atoms with E-state index in [1.165, 1.54) is 6.20 Å². The van der Waals surface area contributed by atoms with Gasteiger partial charge in [-0.25, -0.2) is 14.2 Å². The summed E-state index contributed by atoms with van der Waals surface area (Å²) >= 11 is 0. The molecule has 0 atom stereocenters. The molecule has 3 aromatic rings. The second-order valence-corrected chi connectivity index (χ2v) is 5.82. The fourth-order valence-corrected chi connectivity index (χ4v) is 2.62. The van der Waals surface area contributed by atoms with Crippen LogP contribution in [0.2, 0.25) is 0 Å². The number of aromatic amines is 1. The number of rotatable bonds is 6. The molecule has 0 bridgehead atoms. The fraction of sp³-hybridized carbons (Fsp3) is 0.312. The average molecular weight is 384 g/mol. The van der Waals surface area contributed by atoms with Crippen LogP contribution in [-0.2, 0) is 12.7 Å². The first-order valence-corrected chi connectivity index (χ1v) is 8.04. The minimum absolute atomic E-state index is 0.114. The average Bonchev–Trinajstić information content (AvgIpc) is 2.89. The summed E-state index contributed by atoms with van der Waals surface area (Å²) in [4.78, 5) is 22.9. The van der Waals surface area contributed by atoms with E-state index in [2.05, 4.69) is 20.3 Å². The van der Waals surface area contributed by atoms with Gasteiger partial charge in [0.25, 0.3) is 0 Å². The molecule has 2 aromatic heterocycles. The molecule has 0 saturated carbocycles. The lowest BCUT2D eigenvalue weighted by atomic mass is 10.1. The molecule has 0 fully saturated rings. The van der Waals surface area contributed by atoms with Crippen molar-refractivity contribution in [2.24, 2.45) is 5.73 Å². The molecule has 4 N–H and O–H groups in total. The van der Waals surface area contributed by atoms with Crippen molar-refractivity contribution < 1.29 is 17.6 Å². The van der Waals surface area contributed by atoms with Crippen LogP contribution in [0.5, 0.6) is 0 Å². The molecule has 0 aliphatic heterocycles. The largest absolute Gasteiger partial charge is 0.416 e. The highest BCUT2D eigenvalue weighted by molar-refractivity contribution is 5.71. The Kier molecular flexibility index (Phi) is 5.13. The molecule has 7 nitrogen and oxygen atoms in total. The molecule has 0 amide bonds. The Balaban J connectivity index is 2.02. The molecule has 27 heavy (non-hydrogen) atoms. The molecule has 3 rings (SSSR count). The Labute approximate surface area is 150 Å².